The molecule has 0 atom stereocenters. The van der Waals surface area contributed by atoms with E-state index in [-0.39, 0.29) is 17.1 Å². The van der Waals surface area contributed by atoms with E-state index in [4.69, 9.17) is 0 Å². The number of carbonyl (C=O) groups excluding carboxylic acids is 1. The fraction of sp³-hybridized carbons (Fsp3) is 0.125. The molecule has 2 rings (SSSR count). The molecule has 2 aromatic carbocycles. The number of hydrogen-bond donors (Lipinski definition) is 2. The molecular weight excluding hydrogens is 306 g/mol. The monoisotopic (exact) mass is 320 g/mol. The molecule has 5 nitrogen and oxygen atoms in total. The van der Waals surface area contributed by atoms with Crippen molar-refractivity contribution in [2.75, 3.05) is 0 Å². The molecule has 0 saturated heterocycles. The summed E-state index contributed by atoms with van der Waals surface area (Å²) in [5.74, 6) is -0.526. The summed E-state index contributed by atoms with van der Waals surface area (Å²) in [6, 6.07) is 11.8. The van der Waals surface area contributed by atoms with Crippen LogP contribution in [0, 0.1) is 0 Å². The van der Waals surface area contributed by atoms with Gasteiger partial charge in [0.25, 0.3) is 5.91 Å². The second kappa shape index (κ2) is 7.35. The smallest absolute Gasteiger partial charge is 0.387 e. The summed E-state index contributed by atoms with van der Waals surface area (Å²) in [4.78, 5) is 11.9. The van der Waals surface area contributed by atoms with E-state index in [9.17, 15) is 18.7 Å². The van der Waals surface area contributed by atoms with Gasteiger partial charge >= 0.3 is 6.61 Å². The second-order valence-electron chi connectivity index (χ2n) is 4.59. The molecule has 7 heteroatoms. The third-order valence-corrected chi connectivity index (χ3v) is 2.91. The zero-order chi connectivity index (χ0) is 16.8. The first-order valence-electron chi connectivity index (χ1n) is 6.64. The number of halogens is 2. The van der Waals surface area contributed by atoms with Gasteiger partial charge in [0.1, 0.15) is 11.5 Å². The number of hydrazone groups is 1. The molecule has 0 saturated carbocycles. The molecule has 0 aliphatic rings. The molecule has 0 unspecified atom stereocenters. The van der Waals surface area contributed by atoms with Crippen LogP contribution in [0.3, 0.4) is 0 Å². The van der Waals surface area contributed by atoms with E-state index >= 15 is 0 Å². The Labute approximate surface area is 131 Å². The molecule has 120 valence electrons. The van der Waals surface area contributed by atoms with Crippen molar-refractivity contribution < 1.29 is 23.4 Å². The standard InChI is InChI=1S/C16H14F2N2O3/c1-10(11-4-3-7-14(9-11)23-16(17)18)19-20-15(22)12-5-2-6-13(21)8-12/h2-9,16,21H,1H3,(H,20,22)/b19-10-. The van der Waals surface area contributed by atoms with E-state index in [2.05, 4.69) is 15.3 Å². The summed E-state index contributed by atoms with van der Waals surface area (Å²) in [6.45, 7) is -1.29. The van der Waals surface area contributed by atoms with Gasteiger partial charge in [-0.3, -0.25) is 4.79 Å². The van der Waals surface area contributed by atoms with Crippen molar-refractivity contribution in [2.45, 2.75) is 13.5 Å². The lowest BCUT2D eigenvalue weighted by molar-refractivity contribution is -0.0498. The van der Waals surface area contributed by atoms with Gasteiger partial charge in [-0.2, -0.15) is 13.9 Å². The van der Waals surface area contributed by atoms with Crippen LogP contribution in [0.1, 0.15) is 22.8 Å². The maximum atomic E-state index is 12.2. The van der Waals surface area contributed by atoms with E-state index in [0.717, 1.165) is 0 Å². The number of aromatic hydroxyl groups is 1. The topological polar surface area (TPSA) is 70.9 Å². The van der Waals surface area contributed by atoms with Crippen molar-refractivity contribution in [3.63, 3.8) is 0 Å². The first-order valence-corrected chi connectivity index (χ1v) is 6.64. The van der Waals surface area contributed by atoms with Gasteiger partial charge < -0.3 is 9.84 Å². The van der Waals surface area contributed by atoms with Crippen LogP contribution in [0.15, 0.2) is 53.6 Å². The number of amides is 1. The van der Waals surface area contributed by atoms with Gasteiger partial charge in [0.15, 0.2) is 0 Å². The highest BCUT2D eigenvalue weighted by atomic mass is 19.3. The summed E-state index contributed by atoms with van der Waals surface area (Å²) in [7, 11) is 0. The Morgan fingerprint density at radius 3 is 2.57 bits per heavy atom. The average Bonchev–Trinajstić information content (AvgIpc) is 2.52. The van der Waals surface area contributed by atoms with Gasteiger partial charge in [0, 0.05) is 11.1 Å². The lowest BCUT2D eigenvalue weighted by atomic mass is 10.1. The maximum absolute atomic E-state index is 12.2. The Kier molecular flexibility index (Phi) is 5.24. The molecule has 0 aromatic heterocycles. The van der Waals surface area contributed by atoms with Crippen molar-refractivity contribution in [3.05, 3.63) is 59.7 Å². The van der Waals surface area contributed by atoms with Crippen LogP contribution in [-0.2, 0) is 0 Å². The third kappa shape index (κ3) is 4.77. The Bertz CT molecular complexity index is 733. The highest BCUT2D eigenvalue weighted by Crippen LogP contribution is 2.16. The minimum Gasteiger partial charge on any atom is -0.508 e. The zero-order valence-corrected chi connectivity index (χ0v) is 12.2. The number of rotatable bonds is 5. The highest BCUT2D eigenvalue weighted by Gasteiger charge is 2.08. The Morgan fingerprint density at radius 2 is 1.87 bits per heavy atom. The number of ether oxygens (including phenoxy) is 1. The van der Waals surface area contributed by atoms with E-state index in [1.165, 1.54) is 36.4 Å². The first kappa shape index (κ1) is 16.4. The molecular formula is C16H14F2N2O3. The number of benzene rings is 2. The molecule has 0 aliphatic heterocycles. The van der Waals surface area contributed by atoms with Gasteiger partial charge in [-0.1, -0.05) is 18.2 Å². The van der Waals surface area contributed by atoms with Crippen molar-refractivity contribution in [1.29, 1.82) is 0 Å². The zero-order valence-electron chi connectivity index (χ0n) is 12.2. The molecule has 2 aromatic rings. The summed E-state index contributed by atoms with van der Waals surface area (Å²) in [5, 5.41) is 13.2. The van der Waals surface area contributed by atoms with Crippen LogP contribution in [0.2, 0.25) is 0 Å². The van der Waals surface area contributed by atoms with E-state index in [1.807, 2.05) is 0 Å². The van der Waals surface area contributed by atoms with Crippen molar-refractivity contribution in [3.8, 4) is 11.5 Å². The highest BCUT2D eigenvalue weighted by molar-refractivity contribution is 6.01. The molecule has 0 fully saturated rings. The molecule has 0 aliphatic carbocycles. The van der Waals surface area contributed by atoms with E-state index in [1.54, 1.807) is 19.1 Å². The lowest BCUT2D eigenvalue weighted by Crippen LogP contribution is -2.19. The van der Waals surface area contributed by atoms with Crippen LogP contribution in [0.25, 0.3) is 0 Å². The van der Waals surface area contributed by atoms with Crippen LogP contribution >= 0.6 is 0 Å². The van der Waals surface area contributed by atoms with Crippen molar-refractivity contribution in [2.24, 2.45) is 5.10 Å². The van der Waals surface area contributed by atoms with Crippen molar-refractivity contribution >= 4 is 11.6 Å². The fourth-order valence-corrected chi connectivity index (χ4v) is 1.81. The van der Waals surface area contributed by atoms with E-state index in [0.29, 0.717) is 11.3 Å². The Morgan fingerprint density at radius 1 is 1.17 bits per heavy atom. The SMILES string of the molecule is C/C(=N/NC(=O)c1cccc(O)c1)c1cccc(OC(F)F)c1. The van der Waals surface area contributed by atoms with Gasteiger partial charge in [0.05, 0.1) is 5.71 Å². The Balaban J connectivity index is 2.09. The van der Waals surface area contributed by atoms with Crippen LogP contribution in [0.5, 0.6) is 11.5 Å². The normalized spacial score (nSPS) is 11.4. The summed E-state index contributed by atoms with van der Waals surface area (Å²) in [6.07, 6.45) is 0. The number of nitrogens with one attached hydrogen (secondary N) is 1. The number of phenolic OH excluding ortho intramolecular Hbond substituents is 1. The van der Waals surface area contributed by atoms with Crippen LogP contribution in [-0.4, -0.2) is 23.3 Å². The average molecular weight is 320 g/mol. The molecule has 0 heterocycles. The quantitative estimate of drug-likeness (QED) is 0.657. The van der Waals surface area contributed by atoms with Crippen LogP contribution in [0.4, 0.5) is 8.78 Å². The predicted octanol–water partition coefficient (Wildman–Crippen LogP) is 3.15. The maximum Gasteiger partial charge on any atom is 0.387 e. The Hall–Kier alpha value is -2.96. The number of nitrogens with zero attached hydrogens (tertiary/aromatic N) is 1. The second-order valence-corrected chi connectivity index (χ2v) is 4.59. The van der Waals surface area contributed by atoms with Gasteiger partial charge in [-0.25, -0.2) is 5.43 Å². The third-order valence-electron chi connectivity index (χ3n) is 2.91. The predicted molar refractivity (Wildman–Crippen MR) is 80.9 cm³/mol. The fourth-order valence-electron chi connectivity index (χ4n) is 1.81. The summed E-state index contributed by atoms with van der Waals surface area (Å²) in [5.41, 5.74) is 3.52. The summed E-state index contributed by atoms with van der Waals surface area (Å²) < 4.78 is 28.7. The molecule has 2 N–H and O–H groups in total. The molecule has 0 bridgehead atoms. The minimum atomic E-state index is -2.91. The van der Waals surface area contributed by atoms with E-state index < -0.39 is 12.5 Å². The number of alkyl halides is 2. The molecule has 0 spiro atoms. The van der Waals surface area contributed by atoms with Gasteiger partial charge in [-0.15, -0.1) is 0 Å². The summed E-state index contributed by atoms with van der Waals surface area (Å²) >= 11 is 0. The number of hydrogen-bond acceptors (Lipinski definition) is 4. The molecule has 1 amide bonds. The lowest BCUT2D eigenvalue weighted by Gasteiger charge is -2.07. The number of phenols is 1. The van der Waals surface area contributed by atoms with Crippen molar-refractivity contribution in [1.82, 2.24) is 5.43 Å². The van der Waals surface area contributed by atoms with Gasteiger partial charge in [0.2, 0.25) is 0 Å². The molecule has 23 heavy (non-hydrogen) atoms. The van der Waals surface area contributed by atoms with Crippen LogP contribution < -0.4 is 10.2 Å². The minimum absolute atomic E-state index is 0.00589. The molecule has 0 radical (unpaired) electrons. The van der Waals surface area contributed by atoms with Gasteiger partial charge in [-0.05, 0) is 37.3 Å². The largest absolute Gasteiger partial charge is 0.508 e. The number of carbonyl (C=O) groups is 1. The first-order chi connectivity index (χ1) is 11.0.